The van der Waals surface area contributed by atoms with Crippen LogP contribution in [0.15, 0.2) is 23.6 Å². The van der Waals surface area contributed by atoms with E-state index < -0.39 is 0 Å². The van der Waals surface area contributed by atoms with Crippen LogP contribution >= 0.6 is 11.8 Å². The molecular weight excluding hydrogens is 372 g/mol. The Morgan fingerprint density at radius 2 is 1.82 bits per heavy atom. The highest BCUT2D eigenvalue weighted by Crippen LogP contribution is 2.32. The van der Waals surface area contributed by atoms with E-state index in [1.165, 1.54) is 0 Å². The lowest BCUT2D eigenvalue weighted by atomic mass is 9.91. The van der Waals surface area contributed by atoms with Crippen LogP contribution < -0.4 is 5.32 Å². The molecule has 3 fully saturated rings. The molecule has 1 unspecified atom stereocenters. The van der Waals surface area contributed by atoms with Crippen molar-refractivity contribution in [2.75, 3.05) is 26.3 Å². The Kier molecular flexibility index (Phi) is 7.20. The van der Waals surface area contributed by atoms with E-state index in [-0.39, 0.29) is 11.8 Å². The monoisotopic (exact) mass is 404 g/mol. The summed E-state index contributed by atoms with van der Waals surface area (Å²) in [5, 5.41) is 4.80. The summed E-state index contributed by atoms with van der Waals surface area (Å²) in [5.74, 6) is 0.431. The quantitative estimate of drug-likeness (QED) is 0.761. The van der Waals surface area contributed by atoms with Gasteiger partial charge in [-0.3, -0.25) is 9.69 Å². The van der Waals surface area contributed by atoms with E-state index in [1.54, 1.807) is 24.2 Å². The highest BCUT2D eigenvalue weighted by molar-refractivity contribution is 7.99. The number of carbonyl (C=O) groups excluding carboxylic acids is 1. The Hall–Kier alpha value is -1.18. The van der Waals surface area contributed by atoms with E-state index in [9.17, 15) is 4.79 Å². The molecule has 2 saturated heterocycles. The van der Waals surface area contributed by atoms with Gasteiger partial charge in [-0.05, 0) is 64.0 Å². The second-order valence-electron chi connectivity index (χ2n) is 8.31. The van der Waals surface area contributed by atoms with E-state index in [2.05, 4.69) is 20.2 Å². The smallest absolute Gasteiger partial charge is 0.224 e. The molecule has 28 heavy (non-hydrogen) atoms. The number of ether oxygens (including phenoxy) is 1. The average molecular weight is 405 g/mol. The number of hydrogen-bond donors (Lipinski definition) is 1. The van der Waals surface area contributed by atoms with Crippen molar-refractivity contribution in [3.05, 3.63) is 18.5 Å². The van der Waals surface area contributed by atoms with Crippen LogP contribution in [0.1, 0.15) is 51.4 Å². The average Bonchev–Trinajstić information content (AvgIpc) is 2.76. The largest absolute Gasteiger partial charge is 0.381 e. The second kappa shape index (κ2) is 10.0. The number of carbonyl (C=O) groups is 1. The van der Waals surface area contributed by atoms with Crippen LogP contribution in [0, 0.1) is 5.92 Å². The van der Waals surface area contributed by atoms with Crippen LogP contribution in [0.5, 0.6) is 0 Å². The Morgan fingerprint density at radius 3 is 2.57 bits per heavy atom. The lowest BCUT2D eigenvalue weighted by molar-refractivity contribution is -0.128. The number of nitrogens with zero attached hydrogens (tertiary/aromatic N) is 3. The first-order chi connectivity index (χ1) is 13.8. The van der Waals surface area contributed by atoms with E-state index in [4.69, 9.17) is 4.74 Å². The number of thioether (sulfide) groups is 1. The number of amides is 1. The standard InChI is InChI=1S/C21H32N4O2S/c26-20(16-3-1-12-25(15-16)18-8-13-27-14-9-18)24-17-4-6-19(7-5-17)28-21-22-10-2-11-23-21/h2,10-11,16-19H,1,3-9,12-15H2,(H,24,26). The van der Waals surface area contributed by atoms with Crippen LogP contribution in [0.4, 0.5) is 0 Å². The fourth-order valence-electron chi connectivity index (χ4n) is 4.74. The first-order valence-electron chi connectivity index (χ1n) is 10.8. The SMILES string of the molecule is O=C(NC1CCC(Sc2ncccn2)CC1)C1CCCN(C2CCOCC2)C1. The van der Waals surface area contributed by atoms with Gasteiger partial charge in [0.2, 0.25) is 5.91 Å². The highest BCUT2D eigenvalue weighted by Gasteiger charge is 2.32. The van der Waals surface area contributed by atoms with Gasteiger partial charge in [-0.15, -0.1) is 0 Å². The summed E-state index contributed by atoms with van der Waals surface area (Å²) < 4.78 is 5.50. The highest BCUT2D eigenvalue weighted by atomic mass is 32.2. The first kappa shape index (κ1) is 20.1. The molecule has 0 radical (unpaired) electrons. The number of likely N-dealkylation sites (tertiary alicyclic amines) is 1. The molecule has 1 saturated carbocycles. The lowest BCUT2D eigenvalue weighted by Gasteiger charge is -2.40. The van der Waals surface area contributed by atoms with Crippen LogP contribution in [-0.4, -0.2) is 64.4 Å². The van der Waals surface area contributed by atoms with Gasteiger partial charge < -0.3 is 10.1 Å². The maximum absolute atomic E-state index is 12.9. The Labute approximate surface area is 172 Å². The minimum atomic E-state index is 0.154. The lowest BCUT2D eigenvalue weighted by Crippen LogP contribution is -2.50. The number of piperidine rings is 1. The van der Waals surface area contributed by atoms with Crippen molar-refractivity contribution in [3.63, 3.8) is 0 Å². The van der Waals surface area contributed by atoms with Crippen LogP contribution in [0.2, 0.25) is 0 Å². The Morgan fingerprint density at radius 1 is 1.07 bits per heavy atom. The third-order valence-electron chi connectivity index (χ3n) is 6.37. The van der Waals surface area contributed by atoms with E-state index in [1.807, 2.05) is 6.07 Å². The van der Waals surface area contributed by atoms with E-state index >= 15 is 0 Å². The van der Waals surface area contributed by atoms with E-state index in [0.29, 0.717) is 17.3 Å². The van der Waals surface area contributed by atoms with Crippen LogP contribution in [0.25, 0.3) is 0 Å². The molecule has 1 N–H and O–H groups in total. The molecular formula is C21H32N4O2S. The molecule has 3 aliphatic rings. The van der Waals surface area contributed by atoms with Gasteiger partial charge >= 0.3 is 0 Å². The summed E-state index contributed by atoms with van der Waals surface area (Å²) in [5.41, 5.74) is 0. The first-order valence-corrected chi connectivity index (χ1v) is 11.7. The Balaban J connectivity index is 1.21. The van der Waals surface area contributed by atoms with Crippen molar-refractivity contribution in [2.24, 2.45) is 5.92 Å². The summed E-state index contributed by atoms with van der Waals surface area (Å²) in [6.07, 6.45) is 12.4. The third kappa shape index (κ3) is 5.45. The minimum Gasteiger partial charge on any atom is -0.381 e. The third-order valence-corrected chi connectivity index (χ3v) is 7.59. The molecule has 2 aliphatic heterocycles. The Bertz CT molecular complexity index is 618. The maximum Gasteiger partial charge on any atom is 0.224 e. The summed E-state index contributed by atoms with van der Waals surface area (Å²) in [6.45, 7) is 3.80. The van der Waals surface area contributed by atoms with Gasteiger partial charge in [0.15, 0.2) is 5.16 Å². The topological polar surface area (TPSA) is 67.4 Å². The van der Waals surface area contributed by atoms with Gasteiger partial charge in [0, 0.05) is 49.5 Å². The van der Waals surface area contributed by atoms with Crippen LogP contribution in [-0.2, 0) is 9.53 Å². The molecule has 1 aliphatic carbocycles. The molecule has 7 heteroatoms. The number of aromatic nitrogens is 2. The van der Waals surface area contributed by atoms with Crippen molar-refractivity contribution in [3.8, 4) is 0 Å². The minimum absolute atomic E-state index is 0.154. The second-order valence-corrected chi connectivity index (χ2v) is 9.58. The van der Waals surface area contributed by atoms with Gasteiger partial charge in [-0.25, -0.2) is 9.97 Å². The van der Waals surface area contributed by atoms with Crippen molar-refractivity contribution in [1.29, 1.82) is 0 Å². The normalized spacial score (nSPS) is 30.1. The summed E-state index contributed by atoms with van der Waals surface area (Å²) >= 11 is 1.78. The molecule has 1 aromatic rings. The molecule has 6 nitrogen and oxygen atoms in total. The molecule has 0 spiro atoms. The zero-order chi connectivity index (χ0) is 19.2. The molecule has 0 aromatic carbocycles. The summed E-state index contributed by atoms with van der Waals surface area (Å²) in [7, 11) is 0. The van der Waals surface area contributed by atoms with Gasteiger partial charge in [-0.1, -0.05) is 11.8 Å². The summed E-state index contributed by atoms with van der Waals surface area (Å²) in [6, 6.07) is 2.79. The van der Waals surface area contributed by atoms with Gasteiger partial charge in [0.1, 0.15) is 0 Å². The molecule has 3 heterocycles. The van der Waals surface area contributed by atoms with Crippen molar-refractivity contribution >= 4 is 17.7 Å². The predicted molar refractivity (Wildman–Crippen MR) is 110 cm³/mol. The number of rotatable bonds is 5. The molecule has 154 valence electrons. The van der Waals surface area contributed by atoms with Gasteiger partial charge in [0.25, 0.3) is 0 Å². The number of nitrogens with one attached hydrogen (secondary N) is 1. The molecule has 1 amide bonds. The van der Waals surface area contributed by atoms with E-state index in [0.717, 1.165) is 82.8 Å². The predicted octanol–water partition coefficient (Wildman–Crippen LogP) is 2.89. The van der Waals surface area contributed by atoms with Crippen molar-refractivity contribution < 1.29 is 9.53 Å². The molecule has 4 rings (SSSR count). The van der Waals surface area contributed by atoms with Gasteiger partial charge in [-0.2, -0.15) is 0 Å². The fraction of sp³-hybridized carbons (Fsp3) is 0.762. The summed E-state index contributed by atoms with van der Waals surface area (Å²) in [4.78, 5) is 24.1. The fourth-order valence-corrected chi connectivity index (χ4v) is 5.79. The zero-order valence-corrected chi connectivity index (χ0v) is 17.4. The van der Waals surface area contributed by atoms with Gasteiger partial charge in [0.05, 0.1) is 5.92 Å². The molecule has 0 bridgehead atoms. The molecule has 1 aromatic heterocycles. The van der Waals surface area contributed by atoms with Crippen molar-refractivity contribution in [2.45, 2.75) is 73.9 Å². The zero-order valence-electron chi connectivity index (χ0n) is 16.6. The molecule has 1 atom stereocenters. The van der Waals surface area contributed by atoms with Crippen molar-refractivity contribution in [1.82, 2.24) is 20.2 Å². The number of hydrogen-bond acceptors (Lipinski definition) is 6. The maximum atomic E-state index is 12.9. The van der Waals surface area contributed by atoms with Crippen LogP contribution in [0.3, 0.4) is 0 Å².